The van der Waals surface area contributed by atoms with Crippen molar-refractivity contribution < 1.29 is 9.84 Å². The molecule has 0 aromatic carbocycles. The fraction of sp³-hybridized carbons (Fsp3) is 1.00. The normalized spacial score (nSPS) is 43.7. The van der Waals surface area contributed by atoms with Crippen molar-refractivity contribution in [3.8, 4) is 0 Å². The Kier molecular flexibility index (Phi) is 2.09. The molecule has 0 bridgehead atoms. The minimum Gasteiger partial charge on any atom is -0.390 e. The van der Waals surface area contributed by atoms with Crippen molar-refractivity contribution in [2.45, 2.75) is 32.5 Å². The summed E-state index contributed by atoms with van der Waals surface area (Å²) in [5, 5.41) is 9.17. The summed E-state index contributed by atoms with van der Waals surface area (Å²) in [6.45, 7) is 4.64. The van der Waals surface area contributed by atoms with E-state index in [1.54, 1.807) is 0 Å². The summed E-state index contributed by atoms with van der Waals surface area (Å²) in [5.41, 5.74) is 0. The quantitative estimate of drug-likeness (QED) is 0.568. The van der Waals surface area contributed by atoms with E-state index in [0.717, 1.165) is 6.42 Å². The first-order chi connectivity index (χ1) is 4.25. The van der Waals surface area contributed by atoms with Gasteiger partial charge in [0.2, 0.25) is 0 Å². The highest BCUT2D eigenvalue weighted by atomic mass is 16.5. The van der Waals surface area contributed by atoms with Gasteiger partial charge >= 0.3 is 0 Å². The second kappa shape index (κ2) is 2.67. The van der Waals surface area contributed by atoms with Gasteiger partial charge in [0.05, 0.1) is 18.8 Å². The van der Waals surface area contributed by atoms with E-state index in [4.69, 9.17) is 4.74 Å². The molecule has 0 aromatic rings. The van der Waals surface area contributed by atoms with Gasteiger partial charge in [-0.15, -0.1) is 0 Å². The summed E-state index contributed by atoms with van der Waals surface area (Å²) in [5.74, 6) is 0.329. The lowest BCUT2D eigenvalue weighted by Crippen LogP contribution is -2.19. The third-order valence-electron chi connectivity index (χ3n) is 2.08. The third kappa shape index (κ3) is 1.25. The van der Waals surface area contributed by atoms with Gasteiger partial charge in [-0.1, -0.05) is 13.8 Å². The van der Waals surface area contributed by atoms with Gasteiger partial charge in [-0.05, 0) is 6.42 Å². The van der Waals surface area contributed by atoms with Crippen molar-refractivity contribution in [2.75, 3.05) is 6.61 Å². The van der Waals surface area contributed by atoms with Gasteiger partial charge in [-0.2, -0.15) is 0 Å². The second-order valence-corrected chi connectivity index (χ2v) is 2.71. The highest BCUT2D eigenvalue weighted by Gasteiger charge is 2.30. The molecular formula is C7H14O2. The first kappa shape index (κ1) is 7.03. The molecule has 1 heterocycles. The molecule has 0 spiro atoms. The number of hydrogen-bond donors (Lipinski definition) is 1. The van der Waals surface area contributed by atoms with Gasteiger partial charge in [-0.3, -0.25) is 0 Å². The first-order valence-corrected chi connectivity index (χ1v) is 3.55. The zero-order valence-electron chi connectivity index (χ0n) is 6.00. The molecule has 2 nitrogen and oxygen atoms in total. The van der Waals surface area contributed by atoms with Crippen LogP contribution in [0.2, 0.25) is 0 Å². The van der Waals surface area contributed by atoms with E-state index in [1.165, 1.54) is 0 Å². The predicted octanol–water partition coefficient (Wildman–Crippen LogP) is 0.792. The summed E-state index contributed by atoms with van der Waals surface area (Å²) in [6.07, 6.45) is 1.08. The van der Waals surface area contributed by atoms with Crippen LogP contribution in [0.25, 0.3) is 0 Å². The van der Waals surface area contributed by atoms with E-state index in [-0.39, 0.29) is 6.10 Å². The van der Waals surface area contributed by atoms with Gasteiger partial charge in [0, 0.05) is 5.92 Å². The van der Waals surface area contributed by atoms with Gasteiger partial charge in [0.25, 0.3) is 0 Å². The van der Waals surface area contributed by atoms with Gasteiger partial charge in [0.15, 0.2) is 0 Å². The molecule has 1 saturated heterocycles. The molecule has 0 saturated carbocycles. The highest BCUT2D eigenvalue weighted by molar-refractivity contribution is 4.78. The minimum absolute atomic E-state index is 0.227. The summed E-state index contributed by atoms with van der Waals surface area (Å²) in [6, 6.07) is 0. The van der Waals surface area contributed by atoms with Crippen molar-refractivity contribution in [2.24, 2.45) is 5.92 Å². The molecule has 1 N–H and O–H groups in total. The lowest BCUT2D eigenvalue weighted by atomic mass is 10.0. The van der Waals surface area contributed by atoms with Crippen LogP contribution in [0.4, 0.5) is 0 Å². The summed E-state index contributed by atoms with van der Waals surface area (Å²) < 4.78 is 5.28. The van der Waals surface area contributed by atoms with E-state index in [2.05, 4.69) is 6.92 Å². The Bertz CT molecular complexity index is 92.9. The lowest BCUT2D eigenvalue weighted by molar-refractivity contribution is 0.0843. The van der Waals surface area contributed by atoms with E-state index in [0.29, 0.717) is 18.6 Å². The average Bonchev–Trinajstić information content (AvgIpc) is 2.15. The van der Waals surface area contributed by atoms with Crippen LogP contribution in [-0.2, 0) is 4.74 Å². The Balaban J connectivity index is 2.41. The number of hydrogen-bond acceptors (Lipinski definition) is 2. The van der Waals surface area contributed by atoms with Crippen molar-refractivity contribution >= 4 is 0 Å². The van der Waals surface area contributed by atoms with Crippen LogP contribution in [0.3, 0.4) is 0 Å². The largest absolute Gasteiger partial charge is 0.390 e. The number of aliphatic hydroxyl groups excluding tert-OH is 1. The molecule has 1 aliphatic heterocycles. The molecule has 54 valence electrons. The maximum atomic E-state index is 9.17. The smallest absolute Gasteiger partial charge is 0.0823 e. The summed E-state index contributed by atoms with van der Waals surface area (Å²) in [4.78, 5) is 0. The van der Waals surface area contributed by atoms with Crippen LogP contribution in [-0.4, -0.2) is 23.9 Å². The van der Waals surface area contributed by atoms with Crippen molar-refractivity contribution in [1.29, 1.82) is 0 Å². The van der Waals surface area contributed by atoms with Crippen molar-refractivity contribution in [3.05, 3.63) is 0 Å². The Labute approximate surface area is 55.8 Å². The van der Waals surface area contributed by atoms with Gasteiger partial charge < -0.3 is 9.84 Å². The van der Waals surface area contributed by atoms with E-state index >= 15 is 0 Å². The Morgan fingerprint density at radius 3 is 2.56 bits per heavy atom. The molecule has 3 unspecified atom stereocenters. The maximum Gasteiger partial charge on any atom is 0.0823 e. The lowest BCUT2D eigenvalue weighted by Gasteiger charge is -2.11. The van der Waals surface area contributed by atoms with Crippen LogP contribution < -0.4 is 0 Å². The average molecular weight is 130 g/mol. The first-order valence-electron chi connectivity index (χ1n) is 3.55. The second-order valence-electron chi connectivity index (χ2n) is 2.71. The summed E-state index contributed by atoms with van der Waals surface area (Å²) in [7, 11) is 0. The van der Waals surface area contributed by atoms with E-state index in [9.17, 15) is 5.11 Å². The Morgan fingerprint density at radius 1 is 1.67 bits per heavy atom. The van der Waals surface area contributed by atoms with E-state index < -0.39 is 0 Å². The van der Waals surface area contributed by atoms with Crippen LogP contribution >= 0.6 is 0 Å². The molecule has 0 aromatic heterocycles. The maximum absolute atomic E-state index is 9.17. The molecule has 0 amide bonds. The molecule has 9 heavy (non-hydrogen) atoms. The van der Waals surface area contributed by atoms with Gasteiger partial charge in [-0.25, -0.2) is 0 Å². The Morgan fingerprint density at radius 2 is 2.33 bits per heavy atom. The molecule has 0 aliphatic carbocycles. The molecule has 1 fully saturated rings. The SMILES string of the molecule is CCC1OCC(O)C1C. The van der Waals surface area contributed by atoms with Crippen molar-refractivity contribution in [1.82, 2.24) is 0 Å². The molecule has 3 atom stereocenters. The zero-order chi connectivity index (χ0) is 6.85. The molecule has 0 radical (unpaired) electrons. The van der Waals surface area contributed by atoms with Crippen LogP contribution in [0.15, 0.2) is 0 Å². The zero-order valence-corrected chi connectivity index (χ0v) is 6.00. The molecular weight excluding hydrogens is 116 g/mol. The minimum atomic E-state index is -0.227. The molecule has 1 rings (SSSR count). The monoisotopic (exact) mass is 130 g/mol. The number of rotatable bonds is 1. The van der Waals surface area contributed by atoms with Crippen LogP contribution in [0.1, 0.15) is 20.3 Å². The fourth-order valence-electron chi connectivity index (χ4n) is 1.26. The molecule has 2 heteroatoms. The van der Waals surface area contributed by atoms with Gasteiger partial charge in [0.1, 0.15) is 0 Å². The predicted molar refractivity (Wildman–Crippen MR) is 35.2 cm³/mol. The highest BCUT2D eigenvalue weighted by Crippen LogP contribution is 2.22. The molecule has 1 aliphatic rings. The Hall–Kier alpha value is -0.0800. The third-order valence-corrected chi connectivity index (χ3v) is 2.08. The summed E-state index contributed by atoms with van der Waals surface area (Å²) >= 11 is 0. The van der Waals surface area contributed by atoms with Crippen LogP contribution in [0.5, 0.6) is 0 Å². The van der Waals surface area contributed by atoms with E-state index in [1.807, 2.05) is 6.92 Å². The van der Waals surface area contributed by atoms with Crippen molar-refractivity contribution in [3.63, 3.8) is 0 Å². The van der Waals surface area contributed by atoms with Crippen LogP contribution in [0, 0.1) is 5.92 Å². The standard InChI is InChI=1S/C7H14O2/c1-3-7-5(2)6(8)4-9-7/h5-8H,3-4H2,1-2H3. The number of ether oxygens (including phenoxy) is 1. The topological polar surface area (TPSA) is 29.5 Å². The number of aliphatic hydroxyl groups is 1. The fourth-order valence-corrected chi connectivity index (χ4v) is 1.26.